The molecule has 1 rings (SSSR count). The third kappa shape index (κ3) is 3.86. The van der Waals surface area contributed by atoms with Crippen LogP contribution in [0.2, 0.25) is 5.15 Å². The minimum Gasteiger partial charge on any atom is -0.466 e. The number of carbonyl (C=O) groups excluding carboxylic acids is 1. The molecular formula is C10H12ClN3O2. The highest BCUT2D eigenvalue weighted by Gasteiger charge is 2.00. The van der Waals surface area contributed by atoms with Crippen molar-refractivity contribution in [3.05, 3.63) is 22.9 Å². The van der Waals surface area contributed by atoms with Gasteiger partial charge in [0.2, 0.25) is 0 Å². The summed E-state index contributed by atoms with van der Waals surface area (Å²) in [6.45, 7) is 2.13. The van der Waals surface area contributed by atoms with Crippen molar-refractivity contribution in [3.63, 3.8) is 0 Å². The van der Waals surface area contributed by atoms with Gasteiger partial charge in [0.05, 0.1) is 13.0 Å². The van der Waals surface area contributed by atoms with E-state index in [1.807, 2.05) is 0 Å². The number of nitrogens with two attached hydrogens (primary N) is 1. The smallest absolute Gasteiger partial charge is 0.309 e. The van der Waals surface area contributed by atoms with Gasteiger partial charge in [0.1, 0.15) is 0 Å². The molecule has 1 heterocycles. The van der Waals surface area contributed by atoms with E-state index in [-0.39, 0.29) is 23.4 Å². The summed E-state index contributed by atoms with van der Waals surface area (Å²) < 4.78 is 4.76. The van der Waals surface area contributed by atoms with Gasteiger partial charge in [-0.15, -0.1) is 10.2 Å². The Bertz CT molecular complexity index is 407. The molecule has 0 saturated heterocycles. The Morgan fingerprint density at radius 1 is 1.62 bits per heavy atom. The van der Waals surface area contributed by atoms with E-state index >= 15 is 0 Å². The number of anilines is 1. The minimum absolute atomic E-state index is 0.188. The van der Waals surface area contributed by atoms with Crippen molar-refractivity contribution in [3.8, 4) is 0 Å². The Hall–Kier alpha value is -1.62. The third-order valence-electron chi connectivity index (χ3n) is 1.71. The summed E-state index contributed by atoms with van der Waals surface area (Å²) in [6, 6.07) is 1.57. The molecule has 1 aromatic heterocycles. The zero-order valence-corrected chi connectivity index (χ0v) is 9.57. The largest absolute Gasteiger partial charge is 0.466 e. The Morgan fingerprint density at radius 2 is 2.38 bits per heavy atom. The van der Waals surface area contributed by atoms with E-state index in [9.17, 15) is 4.79 Å². The molecule has 0 saturated carbocycles. The van der Waals surface area contributed by atoms with Crippen molar-refractivity contribution in [1.29, 1.82) is 0 Å². The Morgan fingerprint density at radius 3 is 3.06 bits per heavy atom. The molecule has 1 aromatic rings. The molecule has 0 radical (unpaired) electrons. The van der Waals surface area contributed by atoms with Gasteiger partial charge >= 0.3 is 5.97 Å². The monoisotopic (exact) mass is 241 g/mol. The first kappa shape index (κ1) is 12.4. The molecule has 6 heteroatoms. The summed E-state index contributed by atoms with van der Waals surface area (Å²) in [6.07, 6.45) is 3.49. The van der Waals surface area contributed by atoms with Crippen molar-refractivity contribution < 1.29 is 9.53 Å². The summed E-state index contributed by atoms with van der Waals surface area (Å²) in [5.74, 6) is -0.0186. The molecule has 0 aliphatic carbocycles. The first-order valence-electron chi connectivity index (χ1n) is 4.74. The molecule has 0 fully saturated rings. The predicted octanol–water partition coefficient (Wildman–Crippen LogP) is 1.68. The van der Waals surface area contributed by atoms with Crippen LogP contribution in [0.15, 0.2) is 12.1 Å². The minimum atomic E-state index is -0.287. The molecule has 0 aromatic carbocycles. The molecule has 0 aliphatic heterocycles. The van der Waals surface area contributed by atoms with E-state index in [0.717, 1.165) is 0 Å². The van der Waals surface area contributed by atoms with Gasteiger partial charge in [-0.3, -0.25) is 4.79 Å². The van der Waals surface area contributed by atoms with E-state index in [4.69, 9.17) is 22.1 Å². The van der Waals surface area contributed by atoms with E-state index in [1.54, 1.807) is 25.1 Å². The van der Waals surface area contributed by atoms with Crippen LogP contribution in [0.25, 0.3) is 6.08 Å². The van der Waals surface area contributed by atoms with Gasteiger partial charge in [0, 0.05) is 5.56 Å². The van der Waals surface area contributed by atoms with Gasteiger partial charge in [-0.05, 0) is 13.0 Å². The predicted molar refractivity (Wildman–Crippen MR) is 61.7 cm³/mol. The third-order valence-corrected chi connectivity index (χ3v) is 1.90. The molecule has 86 valence electrons. The molecule has 16 heavy (non-hydrogen) atoms. The maximum atomic E-state index is 11.0. The van der Waals surface area contributed by atoms with E-state index in [2.05, 4.69) is 10.2 Å². The fourth-order valence-corrected chi connectivity index (χ4v) is 1.18. The maximum Gasteiger partial charge on any atom is 0.309 e. The van der Waals surface area contributed by atoms with Crippen LogP contribution in [0, 0.1) is 0 Å². The number of hydrogen-bond donors (Lipinski definition) is 1. The number of nitrogen functional groups attached to an aromatic ring is 1. The summed E-state index contributed by atoms with van der Waals surface area (Å²) in [7, 11) is 0. The van der Waals surface area contributed by atoms with Crippen molar-refractivity contribution in [2.75, 3.05) is 12.3 Å². The number of aromatic nitrogens is 2. The Balaban J connectivity index is 2.62. The number of ether oxygens (including phenoxy) is 1. The number of esters is 1. The van der Waals surface area contributed by atoms with Gasteiger partial charge < -0.3 is 10.5 Å². The molecule has 5 nitrogen and oxygen atoms in total. The summed E-state index contributed by atoms with van der Waals surface area (Å²) in [5, 5.41) is 7.47. The molecule has 0 bridgehead atoms. The molecule has 2 N–H and O–H groups in total. The quantitative estimate of drug-likeness (QED) is 0.812. The van der Waals surface area contributed by atoms with Gasteiger partial charge in [0.15, 0.2) is 11.0 Å². The van der Waals surface area contributed by atoms with Crippen LogP contribution in [0.4, 0.5) is 5.82 Å². The van der Waals surface area contributed by atoms with Crippen LogP contribution in [-0.4, -0.2) is 22.8 Å². The van der Waals surface area contributed by atoms with Gasteiger partial charge in [-0.2, -0.15) is 0 Å². The molecule has 0 aliphatic rings. The number of halogens is 1. The highest BCUT2D eigenvalue weighted by atomic mass is 35.5. The molecule has 0 spiro atoms. The average Bonchev–Trinajstić information content (AvgIpc) is 2.23. The number of hydrogen-bond acceptors (Lipinski definition) is 5. The fourth-order valence-electron chi connectivity index (χ4n) is 1.03. The van der Waals surface area contributed by atoms with E-state index < -0.39 is 0 Å². The van der Waals surface area contributed by atoms with Gasteiger partial charge in [0.25, 0.3) is 0 Å². The Kier molecular flexibility index (Phi) is 4.72. The van der Waals surface area contributed by atoms with E-state index in [1.165, 1.54) is 0 Å². The first-order chi connectivity index (χ1) is 7.63. The lowest BCUT2D eigenvalue weighted by atomic mass is 10.2. The molecule has 0 amide bonds. The number of carbonyl (C=O) groups is 1. The highest BCUT2D eigenvalue weighted by molar-refractivity contribution is 6.29. The second kappa shape index (κ2) is 6.07. The first-order valence-corrected chi connectivity index (χ1v) is 5.12. The van der Waals surface area contributed by atoms with Crippen LogP contribution < -0.4 is 5.73 Å². The van der Waals surface area contributed by atoms with Crippen molar-refractivity contribution in [1.82, 2.24) is 10.2 Å². The topological polar surface area (TPSA) is 78.1 Å². The second-order valence-electron chi connectivity index (χ2n) is 2.92. The van der Waals surface area contributed by atoms with Gasteiger partial charge in [-0.25, -0.2) is 0 Å². The number of rotatable bonds is 4. The zero-order chi connectivity index (χ0) is 12.0. The summed E-state index contributed by atoms with van der Waals surface area (Å²) in [5.41, 5.74) is 6.19. The average molecular weight is 242 g/mol. The lowest BCUT2D eigenvalue weighted by Crippen LogP contribution is -2.01. The van der Waals surface area contributed by atoms with Crippen LogP contribution in [-0.2, 0) is 9.53 Å². The van der Waals surface area contributed by atoms with Crippen LogP contribution in [0.1, 0.15) is 18.9 Å². The number of nitrogens with zero attached hydrogens (tertiary/aromatic N) is 2. The molecule has 0 atom stereocenters. The van der Waals surface area contributed by atoms with Crippen molar-refractivity contribution >= 4 is 29.5 Å². The standard InChI is InChI=1S/C10H12ClN3O2/c1-2-16-9(15)5-3-4-7-6-8(11)13-14-10(7)12/h3-4,6H,2,5H2,1H3,(H2,12,14). The molecule has 0 unspecified atom stereocenters. The van der Waals surface area contributed by atoms with Crippen molar-refractivity contribution in [2.45, 2.75) is 13.3 Å². The van der Waals surface area contributed by atoms with Gasteiger partial charge in [-0.1, -0.05) is 23.8 Å². The maximum absolute atomic E-state index is 11.0. The SMILES string of the molecule is CCOC(=O)CC=Cc1cc(Cl)nnc1N. The summed E-state index contributed by atoms with van der Waals surface area (Å²) >= 11 is 5.65. The Labute approximate surface area is 98.3 Å². The lowest BCUT2D eigenvalue weighted by molar-refractivity contribution is -0.142. The van der Waals surface area contributed by atoms with Crippen LogP contribution in [0.3, 0.4) is 0 Å². The summed E-state index contributed by atoms with van der Waals surface area (Å²) in [4.78, 5) is 11.0. The normalized spacial score (nSPS) is 10.6. The van der Waals surface area contributed by atoms with Crippen LogP contribution >= 0.6 is 11.6 Å². The van der Waals surface area contributed by atoms with Crippen LogP contribution in [0.5, 0.6) is 0 Å². The fraction of sp³-hybridized carbons (Fsp3) is 0.300. The molecular weight excluding hydrogens is 230 g/mol. The zero-order valence-electron chi connectivity index (χ0n) is 8.81. The lowest BCUT2D eigenvalue weighted by Gasteiger charge is -1.99. The van der Waals surface area contributed by atoms with Crippen molar-refractivity contribution in [2.24, 2.45) is 0 Å². The highest BCUT2D eigenvalue weighted by Crippen LogP contribution is 2.14. The van der Waals surface area contributed by atoms with E-state index in [0.29, 0.717) is 12.2 Å². The second-order valence-corrected chi connectivity index (χ2v) is 3.31.